The lowest BCUT2D eigenvalue weighted by Gasteiger charge is -2.21. The zero-order valence-corrected chi connectivity index (χ0v) is 16.8. The Bertz CT molecular complexity index is 1020. The summed E-state index contributed by atoms with van der Waals surface area (Å²) >= 11 is 1.19. The van der Waals surface area contributed by atoms with Crippen LogP contribution in [0.1, 0.15) is 16.9 Å². The lowest BCUT2D eigenvalue weighted by Crippen LogP contribution is -2.24. The Labute approximate surface area is 170 Å². The standard InChI is InChI=1S/C18H21F2N7OS/c1-26(5-3-4-21)18-11(7-24-27(18)2)10-6-12(22)15(20)16(14(10)19)25-17(28)13-8-29-9-23-13/h6-9H,3-5,21-22H2,1-2H3,(H,25,28). The molecule has 29 heavy (non-hydrogen) atoms. The van der Waals surface area contributed by atoms with Gasteiger partial charge in [0.25, 0.3) is 5.91 Å². The smallest absolute Gasteiger partial charge is 0.275 e. The Morgan fingerprint density at radius 3 is 2.76 bits per heavy atom. The van der Waals surface area contributed by atoms with E-state index < -0.39 is 23.2 Å². The summed E-state index contributed by atoms with van der Waals surface area (Å²) in [4.78, 5) is 18.0. The largest absolute Gasteiger partial charge is 0.396 e. The quantitative estimate of drug-likeness (QED) is 0.505. The molecule has 0 atom stereocenters. The maximum atomic E-state index is 15.3. The Morgan fingerprint density at radius 1 is 1.34 bits per heavy atom. The van der Waals surface area contributed by atoms with Crippen molar-refractivity contribution in [1.82, 2.24) is 14.8 Å². The summed E-state index contributed by atoms with van der Waals surface area (Å²) in [5.41, 5.74) is 12.4. The molecule has 0 saturated carbocycles. The molecule has 0 radical (unpaired) electrons. The second-order valence-electron chi connectivity index (χ2n) is 6.41. The van der Waals surface area contributed by atoms with Crippen molar-refractivity contribution >= 4 is 34.4 Å². The van der Waals surface area contributed by atoms with Crippen LogP contribution < -0.4 is 21.7 Å². The summed E-state index contributed by atoms with van der Waals surface area (Å²) in [6.45, 7) is 1.12. The molecule has 154 valence electrons. The van der Waals surface area contributed by atoms with Crippen LogP contribution in [0.2, 0.25) is 0 Å². The molecular formula is C18H21F2N7OS. The van der Waals surface area contributed by atoms with Gasteiger partial charge in [-0.15, -0.1) is 11.3 Å². The molecule has 11 heteroatoms. The van der Waals surface area contributed by atoms with Gasteiger partial charge in [-0.05, 0) is 19.0 Å². The van der Waals surface area contributed by atoms with Gasteiger partial charge in [-0.1, -0.05) is 0 Å². The molecule has 0 bridgehead atoms. The second-order valence-corrected chi connectivity index (χ2v) is 7.13. The summed E-state index contributed by atoms with van der Waals surface area (Å²) in [6, 6.07) is 1.19. The highest BCUT2D eigenvalue weighted by atomic mass is 32.1. The predicted octanol–water partition coefficient (Wildman–Crippen LogP) is 2.44. The molecule has 8 nitrogen and oxygen atoms in total. The fraction of sp³-hybridized carbons (Fsp3) is 0.278. The number of carbonyl (C=O) groups is 1. The van der Waals surface area contributed by atoms with Crippen LogP contribution in [-0.2, 0) is 7.05 Å². The number of rotatable bonds is 7. The summed E-state index contributed by atoms with van der Waals surface area (Å²) in [5, 5.41) is 7.91. The number of hydrogen-bond acceptors (Lipinski definition) is 7. The average molecular weight is 421 g/mol. The van der Waals surface area contributed by atoms with Crippen LogP contribution in [0.5, 0.6) is 0 Å². The van der Waals surface area contributed by atoms with Crippen molar-refractivity contribution in [2.45, 2.75) is 6.42 Å². The molecule has 3 aromatic rings. The van der Waals surface area contributed by atoms with Crippen LogP contribution in [0.25, 0.3) is 11.1 Å². The zero-order valence-electron chi connectivity index (χ0n) is 15.9. The van der Waals surface area contributed by atoms with E-state index in [1.165, 1.54) is 34.5 Å². The Morgan fingerprint density at radius 2 is 2.10 bits per heavy atom. The van der Waals surface area contributed by atoms with Gasteiger partial charge in [0, 0.05) is 37.1 Å². The summed E-state index contributed by atoms with van der Waals surface area (Å²) in [5.74, 6) is -2.11. The minimum absolute atomic E-state index is 0.0279. The molecule has 0 saturated heterocycles. The molecule has 3 rings (SSSR count). The highest BCUT2D eigenvalue weighted by Crippen LogP contribution is 2.38. The van der Waals surface area contributed by atoms with Crippen molar-refractivity contribution in [3.05, 3.63) is 40.5 Å². The van der Waals surface area contributed by atoms with E-state index in [9.17, 15) is 9.18 Å². The van der Waals surface area contributed by atoms with Gasteiger partial charge in [0.05, 0.1) is 17.4 Å². The number of amides is 1. The van der Waals surface area contributed by atoms with Gasteiger partial charge in [-0.3, -0.25) is 9.48 Å². The number of thiazole rings is 1. The lowest BCUT2D eigenvalue weighted by atomic mass is 10.0. The fourth-order valence-corrected chi connectivity index (χ4v) is 3.51. The van der Waals surface area contributed by atoms with E-state index in [0.717, 1.165) is 6.42 Å². The molecule has 0 aliphatic heterocycles. The minimum atomic E-state index is -1.04. The number of nitrogens with one attached hydrogen (secondary N) is 1. The van der Waals surface area contributed by atoms with E-state index in [1.54, 1.807) is 11.7 Å². The molecule has 0 aliphatic rings. The third-order valence-corrected chi connectivity index (χ3v) is 4.98. The first-order valence-electron chi connectivity index (χ1n) is 8.75. The van der Waals surface area contributed by atoms with Crippen LogP contribution in [0.4, 0.5) is 26.0 Å². The molecule has 0 spiro atoms. The number of hydrogen-bond donors (Lipinski definition) is 3. The maximum absolute atomic E-state index is 15.3. The van der Waals surface area contributed by atoms with E-state index in [2.05, 4.69) is 15.4 Å². The predicted molar refractivity (Wildman–Crippen MR) is 110 cm³/mol. The van der Waals surface area contributed by atoms with E-state index in [1.807, 2.05) is 11.9 Å². The topological polar surface area (TPSA) is 115 Å². The highest BCUT2D eigenvalue weighted by Gasteiger charge is 2.25. The van der Waals surface area contributed by atoms with Crippen molar-refractivity contribution in [3.63, 3.8) is 0 Å². The van der Waals surface area contributed by atoms with Crippen LogP contribution in [0.3, 0.4) is 0 Å². The number of halogens is 2. The van der Waals surface area contributed by atoms with Crippen LogP contribution in [-0.4, -0.2) is 40.8 Å². The van der Waals surface area contributed by atoms with Gasteiger partial charge >= 0.3 is 0 Å². The Hall–Kier alpha value is -3.05. The molecule has 2 aromatic heterocycles. The third-order valence-electron chi connectivity index (χ3n) is 4.39. The van der Waals surface area contributed by atoms with E-state index in [-0.39, 0.29) is 16.9 Å². The number of nitrogen functional groups attached to an aromatic ring is 1. The molecule has 2 heterocycles. The van der Waals surface area contributed by atoms with Gasteiger partial charge < -0.3 is 21.7 Å². The number of nitrogens with zero attached hydrogens (tertiary/aromatic N) is 4. The van der Waals surface area contributed by atoms with E-state index >= 15 is 4.39 Å². The number of carbonyl (C=O) groups excluding carboxylic acids is 1. The molecule has 0 fully saturated rings. The Balaban J connectivity index is 2.06. The number of benzene rings is 1. The number of nitrogens with two attached hydrogens (primary N) is 2. The van der Waals surface area contributed by atoms with Gasteiger partial charge in [0.15, 0.2) is 11.6 Å². The summed E-state index contributed by atoms with van der Waals surface area (Å²) in [6.07, 6.45) is 2.19. The SMILES string of the molecule is CN(CCCN)c1c(-c2cc(N)c(F)c(NC(=O)c3cscn3)c2F)cnn1C. The van der Waals surface area contributed by atoms with Gasteiger partial charge in [0.1, 0.15) is 17.2 Å². The highest BCUT2D eigenvalue weighted by molar-refractivity contribution is 7.07. The molecule has 0 aliphatic carbocycles. The van der Waals surface area contributed by atoms with E-state index in [4.69, 9.17) is 11.5 Å². The van der Waals surface area contributed by atoms with Crippen LogP contribution in [0.15, 0.2) is 23.2 Å². The van der Waals surface area contributed by atoms with Crippen molar-refractivity contribution < 1.29 is 13.6 Å². The van der Waals surface area contributed by atoms with Crippen LogP contribution >= 0.6 is 11.3 Å². The fourth-order valence-electron chi connectivity index (χ4n) is 2.97. The minimum Gasteiger partial charge on any atom is -0.396 e. The first-order valence-corrected chi connectivity index (χ1v) is 9.70. The second kappa shape index (κ2) is 8.53. The monoisotopic (exact) mass is 421 g/mol. The lowest BCUT2D eigenvalue weighted by molar-refractivity contribution is 0.102. The molecule has 5 N–H and O–H groups in total. The van der Waals surface area contributed by atoms with Crippen LogP contribution in [0, 0.1) is 11.6 Å². The first kappa shape index (κ1) is 20.7. The van der Waals surface area contributed by atoms with Gasteiger partial charge in [0.2, 0.25) is 0 Å². The normalized spacial score (nSPS) is 10.9. The number of aromatic nitrogens is 3. The zero-order chi connectivity index (χ0) is 21.1. The van der Waals surface area contributed by atoms with E-state index in [0.29, 0.717) is 24.5 Å². The molecule has 0 unspecified atom stereocenters. The van der Waals surface area contributed by atoms with Crippen molar-refractivity contribution in [1.29, 1.82) is 0 Å². The van der Waals surface area contributed by atoms with Gasteiger partial charge in [-0.2, -0.15) is 5.10 Å². The molecular weight excluding hydrogens is 400 g/mol. The van der Waals surface area contributed by atoms with Crippen molar-refractivity contribution in [2.24, 2.45) is 12.8 Å². The number of anilines is 3. The number of aryl methyl sites for hydroxylation is 1. The third kappa shape index (κ3) is 4.05. The van der Waals surface area contributed by atoms with Crippen molar-refractivity contribution in [2.75, 3.05) is 36.1 Å². The first-order chi connectivity index (χ1) is 13.8. The van der Waals surface area contributed by atoms with Gasteiger partial charge in [-0.25, -0.2) is 13.8 Å². The van der Waals surface area contributed by atoms with Crippen molar-refractivity contribution in [3.8, 4) is 11.1 Å². The summed E-state index contributed by atoms with van der Waals surface area (Å²) in [7, 11) is 3.54. The molecule has 1 aromatic carbocycles. The summed E-state index contributed by atoms with van der Waals surface area (Å²) < 4.78 is 31.4. The average Bonchev–Trinajstić information content (AvgIpc) is 3.36. The Kier molecular flexibility index (Phi) is 6.09. The molecule has 1 amide bonds. The maximum Gasteiger partial charge on any atom is 0.275 e.